The molecular formula is C11H12N2OS. The van der Waals surface area contributed by atoms with Crippen molar-refractivity contribution in [1.29, 1.82) is 0 Å². The lowest BCUT2D eigenvalue weighted by molar-refractivity contribution is 0.567. The van der Waals surface area contributed by atoms with E-state index in [4.69, 9.17) is 12.2 Å². The predicted molar refractivity (Wildman–Crippen MR) is 60.3 cm³/mol. The van der Waals surface area contributed by atoms with Gasteiger partial charge in [0.1, 0.15) is 0 Å². The van der Waals surface area contributed by atoms with Crippen LogP contribution in [0.4, 0.5) is 0 Å². The summed E-state index contributed by atoms with van der Waals surface area (Å²) >= 11 is 4.98. The number of allylic oxidation sites excluding steroid dienone is 2. The number of fused-ring (bicyclic) bond motifs is 2. The molecule has 0 spiro atoms. The van der Waals surface area contributed by atoms with Gasteiger partial charge in [-0.1, -0.05) is 12.2 Å². The van der Waals surface area contributed by atoms with Crippen molar-refractivity contribution in [2.75, 3.05) is 0 Å². The van der Waals surface area contributed by atoms with E-state index in [0.717, 1.165) is 12.1 Å². The minimum atomic E-state index is -0.0968. The molecule has 15 heavy (non-hydrogen) atoms. The van der Waals surface area contributed by atoms with E-state index in [2.05, 4.69) is 22.1 Å². The van der Waals surface area contributed by atoms with Gasteiger partial charge in [-0.25, -0.2) is 0 Å². The first kappa shape index (κ1) is 9.09. The third-order valence-electron chi connectivity index (χ3n) is 3.46. The third-order valence-corrected chi connectivity index (χ3v) is 3.66. The average Bonchev–Trinajstić information content (AvgIpc) is 2.76. The van der Waals surface area contributed by atoms with Crippen LogP contribution in [0.1, 0.15) is 24.5 Å². The summed E-state index contributed by atoms with van der Waals surface area (Å²) in [6, 6.07) is 1.65. The van der Waals surface area contributed by atoms with Crippen LogP contribution in [-0.2, 0) is 0 Å². The summed E-state index contributed by atoms with van der Waals surface area (Å²) in [5.74, 6) is 1.77. The molecule has 1 fully saturated rings. The predicted octanol–water partition coefficient (Wildman–Crippen LogP) is 2.11. The molecule has 0 aliphatic heterocycles. The summed E-state index contributed by atoms with van der Waals surface area (Å²) in [6.07, 6.45) is 6.95. The molecule has 1 saturated carbocycles. The molecule has 0 aromatic carbocycles. The standard InChI is InChI=1S/C11H12N2OS/c14-10-5-9(12-11(15)13-10)8-4-6-1-2-7(8)3-6/h1-2,5-8H,3-4H2,(H2,12,13,14,15)/t6-,7-,8+/m0/s1. The largest absolute Gasteiger partial charge is 0.336 e. The Morgan fingerprint density at radius 3 is 2.73 bits per heavy atom. The number of rotatable bonds is 1. The van der Waals surface area contributed by atoms with Crippen molar-refractivity contribution in [3.63, 3.8) is 0 Å². The van der Waals surface area contributed by atoms with E-state index >= 15 is 0 Å². The lowest BCUT2D eigenvalue weighted by Gasteiger charge is -2.17. The number of H-pyrrole nitrogens is 2. The van der Waals surface area contributed by atoms with Crippen molar-refractivity contribution in [3.8, 4) is 0 Å². The monoisotopic (exact) mass is 220 g/mol. The second-order valence-electron chi connectivity index (χ2n) is 4.43. The van der Waals surface area contributed by atoms with Gasteiger partial charge in [0.05, 0.1) is 0 Å². The van der Waals surface area contributed by atoms with E-state index in [1.165, 1.54) is 6.42 Å². The van der Waals surface area contributed by atoms with Crippen LogP contribution in [0.15, 0.2) is 23.0 Å². The highest BCUT2D eigenvalue weighted by Crippen LogP contribution is 2.47. The van der Waals surface area contributed by atoms with Gasteiger partial charge in [0, 0.05) is 17.7 Å². The summed E-state index contributed by atoms with van der Waals surface area (Å²) < 4.78 is 0.434. The Hall–Kier alpha value is -1.16. The molecule has 0 amide bonds. The van der Waals surface area contributed by atoms with Crippen molar-refractivity contribution in [1.82, 2.24) is 9.97 Å². The van der Waals surface area contributed by atoms with Crippen LogP contribution in [0.25, 0.3) is 0 Å². The quantitative estimate of drug-likeness (QED) is 0.562. The third kappa shape index (κ3) is 1.49. The minimum Gasteiger partial charge on any atom is -0.336 e. The van der Waals surface area contributed by atoms with E-state index in [1.807, 2.05) is 0 Å². The Labute approximate surface area is 92.2 Å². The summed E-state index contributed by atoms with van der Waals surface area (Å²) in [5, 5.41) is 0. The highest BCUT2D eigenvalue weighted by Gasteiger charge is 2.36. The molecule has 0 unspecified atom stereocenters. The molecule has 3 rings (SSSR count). The zero-order valence-corrected chi connectivity index (χ0v) is 9.01. The van der Waals surface area contributed by atoms with Gasteiger partial charge in [-0.05, 0) is 36.9 Å². The Kier molecular flexibility index (Phi) is 1.92. The van der Waals surface area contributed by atoms with Crippen LogP contribution in [0.5, 0.6) is 0 Å². The molecule has 1 aromatic heterocycles. The smallest absolute Gasteiger partial charge is 0.251 e. The number of aromatic amines is 2. The lowest BCUT2D eigenvalue weighted by Crippen LogP contribution is -2.14. The second-order valence-corrected chi connectivity index (χ2v) is 4.84. The Morgan fingerprint density at radius 1 is 1.27 bits per heavy atom. The van der Waals surface area contributed by atoms with Crippen molar-refractivity contribution < 1.29 is 0 Å². The first-order chi connectivity index (χ1) is 7.22. The molecular weight excluding hydrogens is 208 g/mol. The maximum absolute atomic E-state index is 11.3. The molecule has 2 aliphatic rings. The van der Waals surface area contributed by atoms with Gasteiger partial charge in [0.2, 0.25) is 0 Å². The van der Waals surface area contributed by atoms with Crippen molar-refractivity contribution in [2.24, 2.45) is 11.8 Å². The zero-order chi connectivity index (χ0) is 10.4. The molecule has 4 heteroatoms. The van der Waals surface area contributed by atoms with E-state index in [1.54, 1.807) is 6.07 Å². The highest BCUT2D eigenvalue weighted by atomic mass is 32.1. The molecule has 2 bridgehead atoms. The molecule has 3 atom stereocenters. The van der Waals surface area contributed by atoms with Gasteiger partial charge in [-0.2, -0.15) is 0 Å². The van der Waals surface area contributed by atoms with E-state index in [9.17, 15) is 4.79 Å². The highest BCUT2D eigenvalue weighted by molar-refractivity contribution is 7.71. The van der Waals surface area contributed by atoms with Crippen LogP contribution in [0, 0.1) is 16.6 Å². The van der Waals surface area contributed by atoms with Gasteiger partial charge in [0.15, 0.2) is 4.77 Å². The van der Waals surface area contributed by atoms with Crippen LogP contribution >= 0.6 is 12.2 Å². The van der Waals surface area contributed by atoms with Gasteiger partial charge < -0.3 is 4.98 Å². The van der Waals surface area contributed by atoms with Crippen molar-refractivity contribution in [3.05, 3.63) is 39.0 Å². The van der Waals surface area contributed by atoms with Crippen LogP contribution < -0.4 is 5.56 Å². The maximum atomic E-state index is 11.3. The fraction of sp³-hybridized carbons (Fsp3) is 0.455. The zero-order valence-electron chi connectivity index (χ0n) is 8.19. The average molecular weight is 220 g/mol. The Bertz CT molecular complexity index is 500. The Morgan fingerprint density at radius 2 is 2.13 bits per heavy atom. The number of aromatic nitrogens is 2. The van der Waals surface area contributed by atoms with Crippen LogP contribution in [0.2, 0.25) is 0 Å². The molecule has 1 aromatic rings. The van der Waals surface area contributed by atoms with Crippen LogP contribution in [-0.4, -0.2) is 9.97 Å². The normalized spacial score (nSPS) is 32.4. The molecule has 2 aliphatic carbocycles. The van der Waals surface area contributed by atoms with E-state index < -0.39 is 0 Å². The minimum absolute atomic E-state index is 0.0968. The topological polar surface area (TPSA) is 48.6 Å². The Balaban J connectivity index is 2.03. The molecule has 1 heterocycles. The lowest BCUT2D eigenvalue weighted by atomic mass is 9.90. The number of nitrogens with one attached hydrogen (secondary N) is 2. The van der Waals surface area contributed by atoms with E-state index in [0.29, 0.717) is 22.5 Å². The summed E-state index contributed by atoms with van der Waals surface area (Å²) in [7, 11) is 0. The SMILES string of the molecule is O=c1cc([C@@H]2C[C@H]3C=C[C@H]2C3)[nH]c(=S)[nH]1. The fourth-order valence-electron chi connectivity index (χ4n) is 2.83. The molecule has 0 radical (unpaired) electrons. The molecule has 0 saturated heterocycles. The fourth-order valence-corrected chi connectivity index (χ4v) is 3.04. The first-order valence-corrected chi connectivity index (χ1v) is 5.65. The summed E-state index contributed by atoms with van der Waals surface area (Å²) in [6.45, 7) is 0. The van der Waals surface area contributed by atoms with E-state index in [-0.39, 0.29) is 5.56 Å². The molecule has 78 valence electrons. The van der Waals surface area contributed by atoms with Gasteiger partial charge in [-0.15, -0.1) is 0 Å². The van der Waals surface area contributed by atoms with Gasteiger partial charge >= 0.3 is 0 Å². The second kappa shape index (κ2) is 3.17. The van der Waals surface area contributed by atoms with Crippen molar-refractivity contribution >= 4 is 12.2 Å². The first-order valence-electron chi connectivity index (χ1n) is 5.24. The van der Waals surface area contributed by atoms with Gasteiger partial charge in [0.25, 0.3) is 5.56 Å². The number of hydrogen-bond donors (Lipinski definition) is 2. The molecule has 3 nitrogen and oxygen atoms in total. The van der Waals surface area contributed by atoms with Crippen LogP contribution in [0.3, 0.4) is 0 Å². The number of hydrogen-bond acceptors (Lipinski definition) is 2. The summed E-state index contributed by atoms with van der Waals surface area (Å²) in [5.41, 5.74) is 0.904. The molecule has 2 N–H and O–H groups in total. The van der Waals surface area contributed by atoms with Crippen molar-refractivity contribution in [2.45, 2.75) is 18.8 Å². The maximum Gasteiger partial charge on any atom is 0.251 e. The summed E-state index contributed by atoms with van der Waals surface area (Å²) in [4.78, 5) is 17.0. The van der Waals surface area contributed by atoms with Gasteiger partial charge in [-0.3, -0.25) is 9.78 Å².